The van der Waals surface area contributed by atoms with Gasteiger partial charge in [0.15, 0.2) is 0 Å². The fraction of sp³-hybridized carbons (Fsp3) is 0.0962. The van der Waals surface area contributed by atoms with Crippen LogP contribution in [0, 0.1) is 22.1 Å². The van der Waals surface area contributed by atoms with Crippen molar-refractivity contribution in [3.8, 4) is 22.3 Å². The molecule has 3 N–H and O–H groups in total. The van der Waals surface area contributed by atoms with Crippen LogP contribution in [0.2, 0.25) is 0 Å². The number of rotatable bonds is 10. The highest BCUT2D eigenvalue weighted by atomic mass is 16.5. The third-order valence-electron chi connectivity index (χ3n) is 10.6. The van der Waals surface area contributed by atoms with Crippen LogP contribution in [0.15, 0.2) is 183 Å². The zero-order valence-electron chi connectivity index (χ0n) is 32.1. The Balaban J connectivity index is 1.26. The van der Waals surface area contributed by atoms with Crippen molar-refractivity contribution in [2.75, 3.05) is 0 Å². The van der Waals surface area contributed by atoms with Crippen LogP contribution in [0.25, 0.3) is 28.0 Å². The Morgan fingerprint density at radius 2 is 1.02 bits per heavy atom. The highest BCUT2D eigenvalue weighted by Gasteiger charge is 2.46. The lowest BCUT2D eigenvalue weighted by Gasteiger charge is -2.34. The molecule has 0 amide bonds. The van der Waals surface area contributed by atoms with E-state index < -0.39 is 5.41 Å². The van der Waals surface area contributed by atoms with Crippen molar-refractivity contribution < 1.29 is 9.47 Å². The van der Waals surface area contributed by atoms with E-state index in [1.807, 2.05) is 60.7 Å². The molecular formula is C52H43N3O2. The minimum absolute atomic E-state index is 0.0355. The molecule has 1 aliphatic rings. The van der Waals surface area contributed by atoms with Gasteiger partial charge in [0.2, 0.25) is 17.7 Å². The Labute approximate surface area is 334 Å². The monoisotopic (exact) mass is 741 g/mol. The molecule has 0 saturated carbocycles. The SMILES string of the molecule is C=C(OC(=N)c1ccccc1)c1cc(C(=N)OC(=N)c2ccccc2)cc(-c2cccc(C3(c4ccc(CC(C)C)cc4)c4ccccc4-c4ccccc43)c2)c1. The Morgan fingerprint density at radius 3 is 1.61 bits per heavy atom. The average molecular weight is 742 g/mol. The minimum atomic E-state index is -0.599. The van der Waals surface area contributed by atoms with E-state index in [0.29, 0.717) is 28.2 Å². The van der Waals surface area contributed by atoms with E-state index in [1.165, 1.54) is 33.4 Å². The topological polar surface area (TPSA) is 90.0 Å². The summed E-state index contributed by atoms with van der Waals surface area (Å²) in [5.74, 6) is 0.453. The molecule has 0 saturated heterocycles. The molecule has 0 aromatic heterocycles. The first kappa shape index (κ1) is 36.8. The largest absolute Gasteiger partial charge is 0.439 e. The fourth-order valence-corrected chi connectivity index (χ4v) is 8.04. The highest BCUT2D eigenvalue weighted by molar-refractivity contribution is 6.05. The molecule has 0 bridgehead atoms. The quantitative estimate of drug-likeness (QED) is 0.0740. The van der Waals surface area contributed by atoms with E-state index in [1.54, 1.807) is 18.2 Å². The smallest absolute Gasteiger partial charge is 0.221 e. The Morgan fingerprint density at radius 1 is 0.491 bits per heavy atom. The highest BCUT2D eigenvalue weighted by Crippen LogP contribution is 2.56. The van der Waals surface area contributed by atoms with Crippen molar-refractivity contribution in [2.45, 2.75) is 25.7 Å². The van der Waals surface area contributed by atoms with Crippen LogP contribution in [0.5, 0.6) is 0 Å². The van der Waals surface area contributed by atoms with Crippen LogP contribution in [0.1, 0.15) is 63.9 Å². The molecule has 0 aliphatic heterocycles. The van der Waals surface area contributed by atoms with Gasteiger partial charge < -0.3 is 9.47 Å². The second kappa shape index (κ2) is 15.6. The van der Waals surface area contributed by atoms with Crippen molar-refractivity contribution in [1.82, 2.24) is 0 Å². The molecule has 278 valence electrons. The predicted molar refractivity (Wildman–Crippen MR) is 232 cm³/mol. The maximum Gasteiger partial charge on any atom is 0.221 e. The van der Waals surface area contributed by atoms with Crippen molar-refractivity contribution in [3.63, 3.8) is 0 Å². The second-order valence-corrected chi connectivity index (χ2v) is 14.9. The van der Waals surface area contributed by atoms with Crippen molar-refractivity contribution in [1.29, 1.82) is 16.2 Å². The lowest BCUT2D eigenvalue weighted by molar-refractivity contribution is 0.506. The van der Waals surface area contributed by atoms with Gasteiger partial charge in [0, 0.05) is 22.3 Å². The molecule has 0 spiro atoms. The van der Waals surface area contributed by atoms with Crippen LogP contribution in [0.3, 0.4) is 0 Å². The molecule has 0 radical (unpaired) electrons. The van der Waals surface area contributed by atoms with Gasteiger partial charge in [-0.1, -0.05) is 148 Å². The number of ether oxygens (including phenoxy) is 2. The standard InChI is InChI=1S/C52H43N3O2/c1-34(2)29-36-25-27-43(28-26-36)52(47-23-12-10-21-45(47)46-22-11-13-24-48(46)52)44-20-14-19-39(33-44)41-30-40(35(3)56-49(53)37-15-6-4-7-16-37)31-42(32-41)51(55)57-50(54)38-17-8-5-9-18-38/h4-28,30-34,53-55H,3,29H2,1-2H3. The molecular weight excluding hydrogens is 699 g/mol. The number of hydrogen-bond donors (Lipinski definition) is 3. The maximum absolute atomic E-state index is 9.05. The van der Waals surface area contributed by atoms with E-state index in [-0.39, 0.29) is 23.5 Å². The van der Waals surface area contributed by atoms with Gasteiger partial charge in [0.1, 0.15) is 5.76 Å². The number of hydrogen-bond acceptors (Lipinski definition) is 5. The molecule has 0 unspecified atom stereocenters. The summed E-state index contributed by atoms with van der Waals surface area (Å²) >= 11 is 0. The van der Waals surface area contributed by atoms with Crippen molar-refractivity contribution in [3.05, 3.63) is 233 Å². The van der Waals surface area contributed by atoms with Gasteiger partial charge in [-0.05, 0) is 111 Å². The summed E-state index contributed by atoms with van der Waals surface area (Å²) in [6, 6.07) is 59.2. The van der Waals surface area contributed by atoms with Gasteiger partial charge in [-0.2, -0.15) is 0 Å². The van der Waals surface area contributed by atoms with E-state index in [4.69, 9.17) is 25.7 Å². The third-order valence-corrected chi connectivity index (χ3v) is 10.6. The van der Waals surface area contributed by atoms with Crippen LogP contribution in [-0.4, -0.2) is 17.7 Å². The summed E-state index contributed by atoms with van der Waals surface area (Å²) in [4.78, 5) is 0. The Kier molecular flexibility index (Phi) is 10.1. The van der Waals surface area contributed by atoms with E-state index in [9.17, 15) is 0 Å². The van der Waals surface area contributed by atoms with Crippen LogP contribution < -0.4 is 0 Å². The number of benzene rings is 7. The molecule has 7 aromatic rings. The van der Waals surface area contributed by atoms with Crippen LogP contribution in [0.4, 0.5) is 0 Å². The Bertz CT molecular complexity index is 2510. The first-order valence-electron chi connectivity index (χ1n) is 19.2. The molecule has 8 rings (SSSR count). The first-order valence-corrected chi connectivity index (χ1v) is 19.2. The van der Waals surface area contributed by atoms with Gasteiger partial charge in [0.25, 0.3) is 0 Å². The lowest BCUT2D eigenvalue weighted by atomic mass is 9.67. The molecule has 57 heavy (non-hydrogen) atoms. The van der Waals surface area contributed by atoms with Crippen molar-refractivity contribution >= 4 is 23.5 Å². The first-order chi connectivity index (χ1) is 27.7. The van der Waals surface area contributed by atoms with Gasteiger partial charge in [-0.15, -0.1) is 0 Å². The summed E-state index contributed by atoms with van der Waals surface area (Å²) in [7, 11) is 0. The zero-order chi connectivity index (χ0) is 39.5. The van der Waals surface area contributed by atoms with Gasteiger partial charge >= 0.3 is 0 Å². The second-order valence-electron chi connectivity index (χ2n) is 14.9. The molecule has 5 nitrogen and oxygen atoms in total. The van der Waals surface area contributed by atoms with Crippen molar-refractivity contribution in [2.24, 2.45) is 5.92 Å². The molecule has 5 heteroatoms. The van der Waals surface area contributed by atoms with E-state index >= 15 is 0 Å². The molecule has 1 aliphatic carbocycles. The minimum Gasteiger partial charge on any atom is -0.439 e. The maximum atomic E-state index is 9.05. The van der Waals surface area contributed by atoms with Gasteiger partial charge in [-0.3, -0.25) is 16.2 Å². The summed E-state index contributed by atoms with van der Waals surface area (Å²) < 4.78 is 11.9. The molecule has 7 aromatic carbocycles. The Hall–Kier alpha value is -7.11. The summed E-state index contributed by atoms with van der Waals surface area (Å²) in [5, 5.41) is 26.3. The summed E-state index contributed by atoms with van der Waals surface area (Å²) in [6.45, 7) is 8.72. The van der Waals surface area contributed by atoms with Crippen LogP contribution in [-0.2, 0) is 21.3 Å². The molecule has 0 heterocycles. The third kappa shape index (κ3) is 7.12. The summed E-state index contributed by atoms with van der Waals surface area (Å²) in [6.07, 6.45) is 1.01. The van der Waals surface area contributed by atoms with Crippen LogP contribution >= 0.6 is 0 Å². The summed E-state index contributed by atoms with van der Waals surface area (Å²) in [5.41, 5.74) is 11.8. The zero-order valence-corrected chi connectivity index (χ0v) is 32.1. The lowest BCUT2D eigenvalue weighted by Crippen LogP contribution is -2.28. The van der Waals surface area contributed by atoms with Gasteiger partial charge in [-0.25, -0.2) is 0 Å². The van der Waals surface area contributed by atoms with Gasteiger partial charge in [0.05, 0.1) is 5.41 Å². The van der Waals surface area contributed by atoms with E-state index in [2.05, 4.69) is 117 Å². The fourth-order valence-electron chi connectivity index (χ4n) is 8.04. The number of nitrogens with one attached hydrogen (secondary N) is 3. The predicted octanol–water partition coefficient (Wildman–Crippen LogP) is 12.3. The average Bonchev–Trinajstić information content (AvgIpc) is 3.55. The molecule has 0 fully saturated rings. The normalized spacial score (nSPS) is 12.3. The van der Waals surface area contributed by atoms with E-state index in [0.717, 1.165) is 23.1 Å². The molecule has 0 atom stereocenters. The number of fused-ring (bicyclic) bond motifs is 3.